The van der Waals surface area contributed by atoms with Crippen molar-refractivity contribution >= 4 is 5.97 Å². The third-order valence-electron chi connectivity index (χ3n) is 3.06. The molecule has 0 spiro atoms. The third kappa shape index (κ3) is 3.47. The molecule has 4 nitrogen and oxygen atoms in total. The van der Waals surface area contributed by atoms with E-state index in [1.54, 1.807) is 6.92 Å². The van der Waals surface area contributed by atoms with E-state index in [-0.39, 0.29) is 18.1 Å². The van der Waals surface area contributed by atoms with Crippen LogP contribution in [0.3, 0.4) is 0 Å². The monoisotopic (exact) mass is 263 g/mol. The van der Waals surface area contributed by atoms with E-state index in [0.29, 0.717) is 13.2 Å². The molecule has 0 saturated heterocycles. The Morgan fingerprint density at radius 3 is 3.00 bits per heavy atom. The Hall–Kier alpha value is -1.55. The molecule has 1 heterocycles. The van der Waals surface area contributed by atoms with Crippen molar-refractivity contribution in [3.8, 4) is 5.75 Å². The van der Waals surface area contributed by atoms with Gasteiger partial charge in [-0.1, -0.05) is 18.2 Å². The topological polar surface area (TPSA) is 47.6 Å². The summed E-state index contributed by atoms with van der Waals surface area (Å²) >= 11 is 0. The second-order valence-corrected chi connectivity index (χ2v) is 5.35. The Balaban J connectivity index is 1.96. The number of fused-ring (bicyclic) bond motifs is 1. The molecule has 0 unspecified atom stereocenters. The summed E-state index contributed by atoms with van der Waals surface area (Å²) < 4.78 is 10.8. The normalized spacial score (nSPS) is 15.7. The van der Waals surface area contributed by atoms with Gasteiger partial charge in [0.1, 0.15) is 11.4 Å². The van der Waals surface area contributed by atoms with Crippen molar-refractivity contribution in [1.29, 1.82) is 0 Å². The summed E-state index contributed by atoms with van der Waals surface area (Å²) in [6, 6.07) is 6.16. The molecule has 0 atom stereocenters. The van der Waals surface area contributed by atoms with Gasteiger partial charge in [0.25, 0.3) is 0 Å². The molecule has 0 bridgehead atoms. The van der Waals surface area contributed by atoms with Crippen molar-refractivity contribution in [3.63, 3.8) is 0 Å². The summed E-state index contributed by atoms with van der Waals surface area (Å²) in [4.78, 5) is 11.3. The number of hydrogen-bond acceptors (Lipinski definition) is 4. The van der Waals surface area contributed by atoms with Crippen molar-refractivity contribution in [3.05, 3.63) is 29.3 Å². The van der Waals surface area contributed by atoms with E-state index in [1.165, 1.54) is 5.56 Å². The molecule has 0 aromatic heterocycles. The van der Waals surface area contributed by atoms with Crippen molar-refractivity contribution in [2.24, 2.45) is 0 Å². The zero-order chi connectivity index (χ0) is 13.9. The number of ether oxygens (including phenoxy) is 2. The molecule has 1 aromatic rings. The van der Waals surface area contributed by atoms with Crippen LogP contribution in [-0.2, 0) is 22.5 Å². The molecule has 1 aromatic carbocycles. The van der Waals surface area contributed by atoms with Crippen molar-refractivity contribution in [2.75, 3.05) is 13.2 Å². The van der Waals surface area contributed by atoms with Crippen LogP contribution < -0.4 is 10.1 Å². The van der Waals surface area contributed by atoms with E-state index in [4.69, 9.17) is 9.47 Å². The second kappa shape index (κ2) is 5.61. The fourth-order valence-electron chi connectivity index (χ4n) is 2.33. The van der Waals surface area contributed by atoms with Gasteiger partial charge in [-0.3, -0.25) is 4.79 Å². The molecular weight excluding hydrogens is 242 g/mol. The molecule has 0 saturated carbocycles. The molecule has 1 aliphatic heterocycles. The Bertz CT molecular complexity index is 468. The van der Waals surface area contributed by atoms with Crippen LogP contribution in [0.25, 0.3) is 0 Å². The van der Waals surface area contributed by atoms with E-state index < -0.39 is 0 Å². The molecule has 0 fully saturated rings. The Morgan fingerprint density at radius 2 is 2.26 bits per heavy atom. The average Bonchev–Trinajstić information content (AvgIpc) is 2.64. The minimum Gasteiger partial charge on any atom is -0.487 e. The summed E-state index contributed by atoms with van der Waals surface area (Å²) in [6.07, 6.45) is 0.925. The SMILES string of the molecule is CCOC(=O)CNCc1cccc2c1OC(C)(C)C2. The van der Waals surface area contributed by atoms with Crippen molar-refractivity contribution in [2.45, 2.75) is 39.3 Å². The van der Waals surface area contributed by atoms with E-state index in [0.717, 1.165) is 17.7 Å². The lowest BCUT2D eigenvalue weighted by molar-refractivity contribution is -0.142. The molecule has 1 aliphatic rings. The number of carbonyl (C=O) groups is 1. The van der Waals surface area contributed by atoms with Crippen LogP contribution in [0.5, 0.6) is 5.75 Å². The first-order valence-electron chi connectivity index (χ1n) is 6.68. The van der Waals surface area contributed by atoms with Gasteiger partial charge in [-0.05, 0) is 26.3 Å². The van der Waals surface area contributed by atoms with E-state index >= 15 is 0 Å². The second-order valence-electron chi connectivity index (χ2n) is 5.35. The maximum atomic E-state index is 11.3. The number of esters is 1. The largest absolute Gasteiger partial charge is 0.487 e. The predicted molar refractivity (Wildman–Crippen MR) is 73.2 cm³/mol. The highest BCUT2D eigenvalue weighted by molar-refractivity contribution is 5.71. The van der Waals surface area contributed by atoms with Crippen LogP contribution in [0.1, 0.15) is 31.9 Å². The predicted octanol–water partition coefficient (Wildman–Crippen LogP) is 2.05. The summed E-state index contributed by atoms with van der Waals surface area (Å²) in [5.74, 6) is 0.736. The highest BCUT2D eigenvalue weighted by Gasteiger charge is 2.31. The first-order valence-corrected chi connectivity index (χ1v) is 6.68. The lowest BCUT2D eigenvalue weighted by Gasteiger charge is -2.18. The first-order chi connectivity index (χ1) is 9.02. The van der Waals surface area contributed by atoms with Crippen molar-refractivity contribution < 1.29 is 14.3 Å². The van der Waals surface area contributed by atoms with Gasteiger partial charge in [-0.25, -0.2) is 0 Å². The van der Waals surface area contributed by atoms with E-state index in [9.17, 15) is 4.79 Å². The first kappa shape index (κ1) is 13.9. The van der Waals surface area contributed by atoms with Gasteiger partial charge in [-0.15, -0.1) is 0 Å². The fraction of sp³-hybridized carbons (Fsp3) is 0.533. The van der Waals surface area contributed by atoms with Gasteiger partial charge in [0.2, 0.25) is 0 Å². The molecular formula is C15H21NO3. The zero-order valence-electron chi connectivity index (χ0n) is 11.8. The van der Waals surface area contributed by atoms with Gasteiger partial charge < -0.3 is 14.8 Å². The van der Waals surface area contributed by atoms with E-state index in [2.05, 4.69) is 25.2 Å². The smallest absolute Gasteiger partial charge is 0.319 e. The minimum absolute atomic E-state index is 0.139. The number of benzene rings is 1. The molecule has 2 rings (SSSR count). The molecule has 1 N–H and O–H groups in total. The Kier molecular flexibility index (Phi) is 4.10. The maximum absolute atomic E-state index is 11.3. The fourth-order valence-corrected chi connectivity index (χ4v) is 2.33. The Labute approximate surface area is 114 Å². The summed E-state index contributed by atoms with van der Waals surface area (Å²) in [6.45, 7) is 7.22. The van der Waals surface area contributed by atoms with Crippen LogP contribution in [0.2, 0.25) is 0 Å². The standard InChI is InChI=1S/C15H21NO3/c1-4-18-13(17)10-16-9-12-7-5-6-11-8-15(2,3)19-14(11)12/h5-7,16H,4,8-10H2,1-3H3. The van der Waals surface area contributed by atoms with Gasteiger partial charge in [-0.2, -0.15) is 0 Å². The van der Waals surface area contributed by atoms with Crippen molar-refractivity contribution in [1.82, 2.24) is 5.32 Å². The number of hydrogen-bond donors (Lipinski definition) is 1. The van der Waals surface area contributed by atoms with Crippen LogP contribution in [0.4, 0.5) is 0 Å². The van der Waals surface area contributed by atoms with Crippen LogP contribution in [0.15, 0.2) is 18.2 Å². The molecule has 0 amide bonds. The molecule has 0 radical (unpaired) electrons. The summed E-state index contributed by atoms with van der Waals surface area (Å²) in [5, 5.41) is 3.09. The lowest BCUT2D eigenvalue weighted by Crippen LogP contribution is -2.26. The zero-order valence-corrected chi connectivity index (χ0v) is 11.8. The van der Waals surface area contributed by atoms with Crippen LogP contribution >= 0.6 is 0 Å². The van der Waals surface area contributed by atoms with Gasteiger partial charge in [0.05, 0.1) is 13.2 Å². The molecule has 0 aliphatic carbocycles. The number of nitrogens with one attached hydrogen (secondary N) is 1. The van der Waals surface area contributed by atoms with Gasteiger partial charge in [0.15, 0.2) is 0 Å². The maximum Gasteiger partial charge on any atom is 0.319 e. The molecule has 4 heteroatoms. The summed E-state index contributed by atoms with van der Waals surface area (Å²) in [7, 11) is 0. The third-order valence-corrected chi connectivity index (χ3v) is 3.06. The quantitative estimate of drug-likeness (QED) is 0.826. The Morgan fingerprint density at radius 1 is 1.47 bits per heavy atom. The molecule has 104 valence electrons. The van der Waals surface area contributed by atoms with Gasteiger partial charge >= 0.3 is 5.97 Å². The number of rotatable bonds is 5. The number of carbonyl (C=O) groups excluding carboxylic acids is 1. The van der Waals surface area contributed by atoms with Crippen LogP contribution in [-0.4, -0.2) is 24.7 Å². The highest BCUT2D eigenvalue weighted by atomic mass is 16.5. The lowest BCUT2D eigenvalue weighted by atomic mass is 10.0. The summed E-state index contributed by atoms with van der Waals surface area (Å²) in [5.41, 5.74) is 2.19. The average molecular weight is 263 g/mol. The number of para-hydroxylation sites is 1. The minimum atomic E-state index is -0.226. The van der Waals surface area contributed by atoms with Crippen LogP contribution in [0, 0.1) is 0 Å². The van der Waals surface area contributed by atoms with E-state index in [1.807, 2.05) is 12.1 Å². The van der Waals surface area contributed by atoms with Gasteiger partial charge in [0, 0.05) is 18.5 Å². The molecule has 19 heavy (non-hydrogen) atoms. The highest BCUT2D eigenvalue weighted by Crippen LogP contribution is 2.37.